The number of anilines is 1. The van der Waals surface area contributed by atoms with Gasteiger partial charge in [0.1, 0.15) is 5.82 Å². The molecular formula is C21H21ClN4O. The molecule has 0 saturated carbocycles. The molecule has 0 fully saturated rings. The monoisotopic (exact) mass is 380 g/mol. The number of nitrogens with one attached hydrogen (secondary N) is 1. The van der Waals surface area contributed by atoms with E-state index >= 15 is 0 Å². The molecule has 3 aromatic rings. The van der Waals surface area contributed by atoms with E-state index in [-0.39, 0.29) is 12.3 Å². The van der Waals surface area contributed by atoms with Crippen LogP contribution in [0.15, 0.2) is 48.5 Å². The quantitative estimate of drug-likeness (QED) is 0.724. The number of aromatic nitrogens is 3. The maximum absolute atomic E-state index is 12.3. The Morgan fingerprint density at radius 1 is 1.04 bits per heavy atom. The maximum Gasteiger partial charge on any atom is 0.228 e. The number of nitrogens with zero attached hydrogens (tertiary/aromatic N) is 3. The molecule has 0 aliphatic carbocycles. The standard InChI is InChI=1S/C21H21ClN4O/c22-18-7-4-3-6-16(18)14-20(27)23-17-11-9-15(10-12-17)21-25-24-19-8-2-1-5-13-26(19)21/h3-4,6-7,9-12H,1-2,5,8,13-14H2,(H,23,27). The van der Waals surface area contributed by atoms with Crippen LogP contribution in [0.5, 0.6) is 0 Å². The number of hydrogen-bond acceptors (Lipinski definition) is 3. The zero-order valence-electron chi connectivity index (χ0n) is 15.0. The average Bonchev–Trinajstić information content (AvgIpc) is 2.92. The summed E-state index contributed by atoms with van der Waals surface area (Å²) in [6, 6.07) is 15.2. The predicted molar refractivity (Wildman–Crippen MR) is 107 cm³/mol. The van der Waals surface area contributed by atoms with E-state index in [4.69, 9.17) is 11.6 Å². The number of benzene rings is 2. The van der Waals surface area contributed by atoms with Crippen LogP contribution in [0, 0.1) is 0 Å². The summed E-state index contributed by atoms with van der Waals surface area (Å²) in [5.74, 6) is 1.88. The van der Waals surface area contributed by atoms with Crippen molar-refractivity contribution in [3.63, 3.8) is 0 Å². The van der Waals surface area contributed by atoms with Gasteiger partial charge in [-0.2, -0.15) is 0 Å². The first-order valence-electron chi connectivity index (χ1n) is 9.26. The summed E-state index contributed by atoms with van der Waals surface area (Å²) in [6.07, 6.45) is 4.81. The van der Waals surface area contributed by atoms with Crippen LogP contribution in [0.3, 0.4) is 0 Å². The molecule has 6 heteroatoms. The molecule has 5 nitrogen and oxygen atoms in total. The molecule has 0 spiro atoms. The largest absolute Gasteiger partial charge is 0.326 e. The fourth-order valence-corrected chi connectivity index (χ4v) is 3.62. The fourth-order valence-electron chi connectivity index (χ4n) is 3.42. The molecule has 0 unspecified atom stereocenters. The second-order valence-electron chi connectivity index (χ2n) is 6.80. The summed E-state index contributed by atoms with van der Waals surface area (Å²) < 4.78 is 2.22. The normalized spacial score (nSPS) is 13.7. The van der Waals surface area contributed by atoms with Crippen molar-refractivity contribution in [3.05, 3.63) is 64.9 Å². The lowest BCUT2D eigenvalue weighted by molar-refractivity contribution is -0.115. The van der Waals surface area contributed by atoms with Crippen LogP contribution in [0.4, 0.5) is 5.69 Å². The Bertz CT molecular complexity index is 949. The number of aryl methyl sites for hydroxylation is 1. The van der Waals surface area contributed by atoms with Crippen LogP contribution >= 0.6 is 11.6 Å². The van der Waals surface area contributed by atoms with Gasteiger partial charge in [0.05, 0.1) is 6.42 Å². The second-order valence-corrected chi connectivity index (χ2v) is 7.20. The van der Waals surface area contributed by atoms with Gasteiger partial charge >= 0.3 is 0 Å². The molecule has 1 aromatic heterocycles. The van der Waals surface area contributed by atoms with E-state index in [0.717, 1.165) is 47.8 Å². The van der Waals surface area contributed by atoms with Crippen LogP contribution in [-0.2, 0) is 24.2 Å². The Morgan fingerprint density at radius 3 is 2.67 bits per heavy atom. The van der Waals surface area contributed by atoms with Gasteiger partial charge in [-0.15, -0.1) is 10.2 Å². The van der Waals surface area contributed by atoms with Gasteiger partial charge in [-0.25, -0.2) is 0 Å². The minimum Gasteiger partial charge on any atom is -0.326 e. The van der Waals surface area contributed by atoms with Crippen LogP contribution in [0.2, 0.25) is 5.02 Å². The van der Waals surface area contributed by atoms with Gasteiger partial charge in [0.2, 0.25) is 5.91 Å². The topological polar surface area (TPSA) is 59.8 Å². The van der Waals surface area contributed by atoms with Crippen LogP contribution in [0.25, 0.3) is 11.4 Å². The van der Waals surface area contributed by atoms with Gasteiger partial charge in [-0.05, 0) is 48.7 Å². The van der Waals surface area contributed by atoms with E-state index < -0.39 is 0 Å². The van der Waals surface area contributed by atoms with Gasteiger partial charge in [-0.3, -0.25) is 4.79 Å². The van der Waals surface area contributed by atoms with Crippen molar-refractivity contribution in [1.29, 1.82) is 0 Å². The molecular weight excluding hydrogens is 360 g/mol. The van der Waals surface area contributed by atoms with Crippen LogP contribution in [0.1, 0.15) is 30.7 Å². The second kappa shape index (κ2) is 7.92. The van der Waals surface area contributed by atoms with E-state index in [0.29, 0.717) is 5.02 Å². The third-order valence-corrected chi connectivity index (χ3v) is 5.21. The van der Waals surface area contributed by atoms with Gasteiger partial charge in [0.25, 0.3) is 0 Å². The Kier molecular flexibility index (Phi) is 5.21. The summed E-state index contributed by atoms with van der Waals surface area (Å²) in [5, 5.41) is 12.3. The molecule has 0 bridgehead atoms. The Hall–Kier alpha value is -2.66. The SMILES string of the molecule is O=C(Cc1ccccc1Cl)Nc1ccc(-c2nnc3n2CCCCC3)cc1. The Balaban J connectivity index is 1.46. The number of carbonyl (C=O) groups is 1. The molecule has 138 valence electrons. The lowest BCUT2D eigenvalue weighted by Gasteiger charge is -2.09. The third-order valence-electron chi connectivity index (χ3n) is 4.85. The van der Waals surface area contributed by atoms with Crippen molar-refractivity contribution in [1.82, 2.24) is 14.8 Å². The first-order valence-corrected chi connectivity index (χ1v) is 9.64. The zero-order chi connectivity index (χ0) is 18.6. The van der Waals surface area contributed by atoms with Gasteiger partial charge < -0.3 is 9.88 Å². The highest BCUT2D eigenvalue weighted by Crippen LogP contribution is 2.24. The predicted octanol–water partition coefficient (Wildman–Crippen LogP) is 4.51. The molecule has 0 atom stereocenters. The summed E-state index contributed by atoms with van der Waals surface area (Å²) in [5.41, 5.74) is 2.59. The number of hydrogen-bond donors (Lipinski definition) is 1. The molecule has 27 heavy (non-hydrogen) atoms. The van der Waals surface area contributed by atoms with Gasteiger partial charge in [0.15, 0.2) is 5.82 Å². The first kappa shape index (κ1) is 17.7. The number of rotatable bonds is 4. The third kappa shape index (κ3) is 4.03. The summed E-state index contributed by atoms with van der Waals surface area (Å²) in [6.45, 7) is 0.966. The maximum atomic E-state index is 12.3. The smallest absolute Gasteiger partial charge is 0.228 e. The number of halogens is 1. The molecule has 0 radical (unpaired) electrons. The molecule has 1 N–H and O–H groups in total. The van der Waals surface area contributed by atoms with E-state index in [1.54, 1.807) is 6.07 Å². The van der Waals surface area contributed by atoms with E-state index in [9.17, 15) is 4.79 Å². The van der Waals surface area contributed by atoms with Crippen LogP contribution in [-0.4, -0.2) is 20.7 Å². The molecule has 1 amide bonds. The van der Waals surface area contributed by atoms with Crippen molar-refractivity contribution >= 4 is 23.2 Å². The molecule has 2 aromatic carbocycles. The summed E-state index contributed by atoms with van der Waals surface area (Å²) in [4.78, 5) is 12.3. The molecule has 4 rings (SSSR count). The Morgan fingerprint density at radius 2 is 1.85 bits per heavy atom. The summed E-state index contributed by atoms with van der Waals surface area (Å²) in [7, 11) is 0. The van der Waals surface area contributed by atoms with Crippen molar-refractivity contribution in [2.45, 2.75) is 38.6 Å². The Labute approximate surface area is 163 Å². The minimum absolute atomic E-state index is 0.0906. The molecule has 1 aliphatic heterocycles. The zero-order valence-corrected chi connectivity index (χ0v) is 15.7. The van der Waals surface area contributed by atoms with E-state index in [1.807, 2.05) is 42.5 Å². The molecule has 1 aliphatic rings. The minimum atomic E-state index is -0.0906. The number of carbonyl (C=O) groups excluding carboxylic acids is 1. The van der Waals surface area contributed by atoms with Gasteiger partial charge in [-0.1, -0.05) is 36.2 Å². The average molecular weight is 381 g/mol. The highest BCUT2D eigenvalue weighted by Gasteiger charge is 2.16. The van der Waals surface area contributed by atoms with Gasteiger partial charge in [0, 0.05) is 29.2 Å². The highest BCUT2D eigenvalue weighted by molar-refractivity contribution is 6.31. The van der Waals surface area contributed by atoms with Crippen LogP contribution < -0.4 is 5.32 Å². The number of amides is 1. The lowest BCUT2D eigenvalue weighted by atomic mass is 10.1. The number of fused-ring (bicyclic) bond motifs is 1. The van der Waals surface area contributed by atoms with Crippen molar-refractivity contribution in [2.75, 3.05) is 5.32 Å². The molecule has 2 heterocycles. The van der Waals surface area contributed by atoms with E-state index in [2.05, 4.69) is 20.1 Å². The van der Waals surface area contributed by atoms with E-state index in [1.165, 1.54) is 12.8 Å². The van der Waals surface area contributed by atoms with Crippen molar-refractivity contribution in [3.8, 4) is 11.4 Å². The van der Waals surface area contributed by atoms with Crippen molar-refractivity contribution < 1.29 is 4.79 Å². The van der Waals surface area contributed by atoms with Crippen molar-refractivity contribution in [2.24, 2.45) is 0 Å². The fraction of sp³-hybridized carbons (Fsp3) is 0.286. The lowest BCUT2D eigenvalue weighted by Crippen LogP contribution is -2.14. The highest BCUT2D eigenvalue weighted by atomic mass is 35.5. The summed E-state index contributed by atoms with van der Waals surface area (Å²) >= 11 is 6.12. The molecule has 0 saturated heterocycles. The first-order chi connectivity index (χ1) is 13.2.